The van der Waals surface area contributed by atoms with Crippen LogP contribution < -0.4 is 16.0 Å². The zero-order valence-electron chi connectivity index (χ0n) is 22.5. The minimum atomic E-state index is -4.38. The second-order valence-corrected chi connectivity index (χ2v) is 12.6. The molecule has 216 valence electrons. The Labute approximate surface area is 243 Å². The van der Waals surface area contributed by atoms with Crippen molar-refractivity contribution in [3.63, 3.8) is 0 Å². The zero-order valence-corrected chi connectivity index (χ0v) is 24.1. The van der Waals surface area contributed by atoms with E-state index in [0.717, 1.165) is 41.0 Å². The number of urea groups is 1. The first-order valence-electron chi connectivity index (χ1n) is 13.3. The monoisotopic (exact) mass is 600 g/mol. The van der Waals surface area contributed by atoms with Crippen LogP contribution in [0.2, 0.25) is 0 Å². The standard InChI is InChI=1S/C30H31F3N4O2S2/c1-41(39)24-11-9-22(10-12-24)36-29(38)34-18-20-5-7-21(8-6-20)28-17-25-26(35-23-13-15-40-16-14-23)3-2-4-27(25)37(28)19-30(31,32)33/h2-12,17,23,35H,13-16,18-19H2,1H3,(H2,34,36,38). The first-order chi connectivity index (χ1) is 19.7. The molecule has 1 unspecified atom stereocenters. The summed E-state index contributed by atoms with van der Waals surface area (Å²) in [5, 5.41) is 9.85. The molecule has 0 bridgehead atoms. The molecule has 5 rings (SSSR count). The highest BCUT2D eigenvalue weighted by Gasteiger charge is 2.30. The summed E-state index contributed by atoms with van der Waals surface area (Å²) in [6.45, 7) is -0.851. The van der Waals surface area contributed by atoms with Crippen LogP contribution in [0.25, 0.3) is 22.2 Å². The number of hydrogen-bond donors (Lipinski definition) is 3. The van der Waals surface area contributed by atoms with Gasteiger partial charge in [-0.2, -0.15) is 24.9 Å². The van der Waals surface area contributed by atoms with E-state index in [1.807, 2.05) is 23.9 Å². The van der Waals surface area contributed by atoms with Crippen molar-refractivity contribution in [2.75, 3.05) is 28.4 Å². The summed E-state index contributed by atoms with van der Waals surface area (Å²) < 4.78 is 53.9. The number of hydrogen-bond acceptors (Lipinski definition) is 4. The number of aromatic nitrogens is 1. The fourth-order valence-electron chi connectivity index (χ4n) is 4.94. The van der Waals surface area contributed by atoms with E-state index in [9.17, 15) is 22.2 Å². The predicted molar refractivity (Wildman–Crippen MR) is 162 cm³/mol. The number of carbonyl (C=O) groups is 1. The third-order valence-electron chi connectivity index (χ3n) is 7.01. The number of fused-ring (bicyclic) bond motifs is 1. The Morgan fingerprint density at radius 1 is 1.02 bits per heavy atom. The van der Waals surface area contributed by atoms with Gasteiger partial charge in [0, 0.05) is 57.0 Å². The molecule has 0 aliphatic carbocycles. The summed E-state index contributed by atoms with van der Waals surface area (Å²) >= 11 is 1.93. The van der Waals surface area contributed by atoms with Crippen LogP contribution in [0.3, 0.4) is 0 Å². The number of nitrogens with one attached hydrogen (secondary N) is 3. The van der Waals surface area contributed by atoms with Gasteiger partial charge < -0.3 is 20.5 Å². The van der Waals surface area contributed by atoms with E-state index in [1.54, 1.807) is 66.9 Å². The lowest BCUT2D eigenvalue weighted by molar-refractivity contribution is -0.139. The van der Waals surface area contributed by atoms with Crippen molar-refractivity contribution in [2.45, 2.75) is 43.0 Å². The highest BCUT2D eigenvalue weighted by Crippen LogP contribution is 2.36. The lowest BCUT2D eigenvalue weighted by Crippen LogP contribution is -2.28. The van der Waals surface area contributed by atoms with Gasteiger partial charge in [0.25, 0.3) is 0 Å². The lowest BCUT2D eigenvalue weighted by atomic mass is 10.1. The molecule has 2 heterocycles. The summed E-state index contributed by atoms with van der Waals surface area (Å²) in [6.07, 6.45) is -0.742. The fourth-order valence-corrected chi connectivity index (χ4v) is 6.57. The Balaban J connectivity index is 1.32. The van der Waals surface area contributed by atoms with Crippen LogP contribution >= 0.6 is 11.8 Å². The normalized spacial score (nSPS) is 15.0. The smallest absolute Gasteiger partial charge is 0.382 e. The summed E-state index contributed by atoms with van der Waals surface area (Å²) in [7, 11) is -1.10. The van der Waals surface area contributed by atoms with Gasteiger partial charge >= 0.3 is 12.2 Å². The van der Waals surface area contributed by atoms with Crippen LogP contribution in [0.4, 0.5) is 29.3 Å². The number of anilines is 2. The molecule has 1 fully saturated rings. The molecule has 11 heteroatoms. The third-order valence-corrected chi connectivity index (χ3v) is 9.00. The number of carbonyl (C=O) groups excluding carboxylic acids is 1. The fraction of sp³-hybridized carbons (Fsp3) is 0.300. The Hall–Kier alpha value is -3.44. The summed E-state index contributed by atoms with van der Waals surface area (Å²) in [5.74, 6) is 2.15. The largest absolute Gasteiger partial charge is 0.406 e. The molecule has 3 aromatic carbocycles. The molecule has 1 aromatic heterocycles. The maximum absolute atomic E-state index is 13.7. The van der Waals surface area contributed by atoms with E-state index in [4.69, 9.17) is 0 Å². The van der Waals surface area contributed by atoms with E-state index in [0.29, 0.717) is 33.4 Å². The maximum atomic E-state index is 13.7. The van der Waals surface area contributed by atoms with Gasteiger partial charge in [0.1, 0.15) is 6.54 Å². The second kappa shape index (κ2) is 12.6. The topological polar surface area (TPSA) is 75.2 Å². The van der Waals surface area contributed by atoms with Crippen molar-refractivity contribution >= 4 is 50.9 Å². The highest BCUT2D eigenvalue weighted by atomic mass is 32.2. The molecule has 1 aliphatic rings. The van der Waals surface area contributed by atoms with Crippen LogP contribution in [0.1, 0.15) is 18.4 Å². The van der Waals surface area contributed by atoms with Crippen LogP contribution in [0.15, 0.2) is 77.7 Å². The van der Waals surface area contributed by atoms with E-state index < -0.39 is 29.6 Å². The number of alkyl halides is 3. The quantitative estimate of drug-likeness (QED) is 0.199. The van der Waals surface area contributed by atoms with Crippen LogP contribution in [-0.2, 0) is 23.9 Å². The molecule has 41 heavy (non-hydrogen) atoms. The number of rotatable bonds is 8. The van der Waals surface area contributed by atoms with Crippen LogP contribution in [-0.4, -0.2) is 44.8 Å². The summed E-state index contributed by atoms with van der Waals surface area (Å²) in [6, 6.07) is 21.1. The Morgan fingerprint density at radius 2 is 1.73 bits per heavy atom. The SMILES string of the molecule is CS(=O)c1ccc(NC(=O)NCc2ccc(-c3cc4c(NC5CCSCC5)cccc4n3CC(F)(F)F)cc2)cc1. The van der Waals surface area contributed by atoms with Crippen molar-refractivity contribution < 1.29 is 22.2 Å². The molecule has 2 amide bonds. The molecule has 4 aromatic rings. The minimum absolute atomic E-state index is 0.239. The van der Waals surface area contributed by atoms with Gasteiger partial charge in [0.15, 0.2) is 0 Å². The molecule has 0 radical (unpaired) electrons. The summed E-state index contributed by atoms with van der Waals surface area (Å²) in [5.41, 5.74) is 3.91. The minimum Gasteiger partial charge on any atom is -0.382 e. The number of halogens is 3. The van der Waals surface area contributed by atoms with Crippen molar-refractivity contribution in [1.82, 2.24) is 9.88 Å². The van der Waals surface area contributed by atoms with Gasteiger partial charge in [-0.05, 0) is 77.9 Å². The molecule has 1 aliphatic heterocycles. The number of thioether (sulfide) groups is 1. The zero-order chi connectivity index (χ0) is 29.0. The number of benzene rings is 3. The van der Waals surface area contributed by atoms with Gasteiger partial charge in [-0.25, -0.2) is 4.79 Å². The lowest BCUT2D eigenvalue weighted by Gasteiger charge is -2.24. The highest BCUT2D eigenvalue weighted by molar-refractivity contribution is 7.99. The Morgan fingerprint density at radius 3 is 2.39 bits per heavy atom. The first kappa shape index (κ1) is 29.1. The molecule has 1 saturated heterocycles. The third kappa shape index (κ3) is 7.45. The van der Waals surface area contributed by atoms with E-state index in [1.165, 1.54) is 4.57 Å². The number of amides is 2. The molecule has 6 nitrogen and oxygen atoms in total. The van der Waals surface area contributed by atoms with Gasteiger partial charge in [0.05, 0.1) is 5.52 Å². The van der Waals surface area contributed by atoms with Crippen molar-refractivity contribution in [3.8, 4) is 11.3 Å². The van der Waals surface area contributed by atoms with Crippen LogP contribution in [0, 0.1) is 0 Å². The van der Waals surface area contributed by atoms with Crippen LogP contribution in [0.5, 0.6) is 0 Å². The second-order valence-electron chi connectivity index (χ2n) is 9.98. The van der Waals surface area contributed by atoms with E-state index in [2.05, 4.69) is 16.0 Å². The molecule has 0 spiro atoms. The summed E-state index contributed by atoms with van der Waals surface area (Å²) in [4.78, 5) is 13.0. The number of nitrogens with zero attached hydrogens (tertiary/aromatic N) is 1. The van der Waals surface area contributed by atoms with Gasteiger partial charge in [-0.15, -0.1) is 0 Å². The average Bonchev–Trinajstić information content (AvgIpc) is 3.31. The predicted octanol–water partition coefficient (Wildman–Crippen LogP) is 7.24. The van der Waals surface area contributed by atoms with Crippen molar-refractivity contribution in [2.24, 2.45) is 0 Å². The molecular weight excluding hydrogens is 569 g/mol. The first-order valence-corrected chi connectivity index (χ1v) is 16.0. The Kier molecular flexibility index (Phi) is 8.94. The molecular formula is C30H31F3N4O2S2. The van der Waals surface area contributed by atoms with E-state index in [-0.39, 0.29) is 6.54 Å². The van der Waals surface area contributed by atoms with Gasteiger partial charge in [-0.1, -0.05) is 30.3 Å². The average molecular weight is 601 g/mol. The molecule has 3 N–H and O–H groups in total. The molecule has 1 atom stereocenters. The maximum Gasteiger partial charge on any atom is 0.406 e. The van der Waals surface area contributed by atoms with Gasteiger partial charge in [0.2, 0.25) is 0 Å². The molecule has 0 saturated carbocycles. The van der Waals surface area contributed by atoms with Crippen molar-refractivity contribution in [1.29, 1.82) is 0 Å². The van der Waals surface area contributed by atoms with Crippen molar-refractivity contribution in [3.05, 3.63) is 78.4 Å². The van der Waals surface area contributed by atoms with E-state index >= 15 is 0 Å². The van der Waals surface area contributed by atoms with Gasteiger partial charge in [-0.3, -0.25) is 4.21 Å². The Bertz CT molecular complexity index is 1530.